The minimum atomic E-state index is -3.27. The molecule has 0 aliphatic heterocycles. The Hall–Kier alpha value is -0.390. The van der Waals surface area contributed by atoms with Crippen LogP contribution >= 0.6 is 0 Å². The highest BCUT2D eigenvalue weighted by Crippen LogP contribution is 2.40. The molecule has 0 spiro atoms. The quantitative estimate of drug-likeness (QED) is 0.666. The van der Waals surface area contributed by atoms with E-state index in [4.69, 9.17) is 0 Å². The number of rotatable bonds is 4. The molecule has 0 aromatic rings. The first-order valence-electron chi connectivity index (χ1n) is 4.58. The van der Waals surface area contributed by atoms with E-state index in [0.29, 0.717) is 6.42 Å². The number of aliphatic hydroxyl groups is 1. The third kappa shape index (κ3) is 2.16. The van der Waals surface area contributed by atoms with Gasteiger partial charge in [-0.2, -0.15) is 0 Å². The highest BCUT2D eigenvalue weighted by Gasteiger charge is 2.48. The van der Waals surface area contributed by atoms with Crippen LogP contribution in [0.15, 0.2) is 12.7 Å². The van der Waals surface area contributed by atoms with E-state index >= 15 is 0 Å². The Kier molecular flexibility index (Phi) is 3.04. The summed E-state index contributed by atoms with van der Waals surface area (Å²) in [6.07, 6.45) is 1.42. The number of aliphatic hydroxyl groups excluding tert-OH is 1. The van der Waals surface area contributed by atoms with Gasteiger partial charge in [0.25, 0.3) is 0 Å². The summed E-state index contributed by atoms with van der Waals surface area (Å²) in [7, 11) is -3.27. The van der Waals surface area contributed by atoms with E-state index in [-0.39, 0.29) is 17.2 Å². The molecule has 0 aromatic heterocycles. The fourth-order valence-corrected chi connectivity index (χ4v) is 2.76. The van der Waals surface area contributed by atoms with Crippen LogP contribution in [0, 0.1) is 5.41 Å². The topological polar surface area (TPSA) is 66.4 Å². The first kappa shape index (κ1) is 11.7. The lowest BCUT2D eigenvalue weighted by molar-refractivity contribution is -0.0644. The van der Waals surface area contributed by atoms with Crippen LogP contribution in [0.3, 0.4) is 0 Å². The van der Waals surface area contributed by atoms with Crippen molar-refractivity contribution in [3.8, 4) is 0 Å². The van der Waals surface area contributed by atoms with E-state index in [9.17, 15) is 13.5 Å². The van der Waals surface area contributed by atoms with Crippen molar-refractivity contribution in [1.29, 1.82) is 0 Å². The molecule has 1 saturated carbocycles. The van der Waals surface area contributed by atoms with Crippen LogP contribution in [0.25, 0.3) is 0 Å². The Morgan fingerprint density at radius 1 is 1.64 bits per heavy atom. The molecule has 1 aliphatic rings. The lowest BCUT2D eigenvalue weighted by Crippen LogP contribution is -2.61. The van der Waals surface area contributed by atoms with E-state index < -0.39 is 16.1 Å². The van der Waals surface area contributed by atoms with Gasteiger partial charge in [-0.15, -0.1) is 6.58 Å². The number of nitrogens with one attached hydrogen (secondary N) is 1. The van der Waals surface area contributed by atoms with Crippen LogP contribution < -0.4 is 4.72 Å². The van der Waals surface area contributed by atoms with Gasteiger partial charge in [-0.25, -0.2) is 13.1 Å². The predicted octanol–water partition coefficient (Wildman–Crippen LogP) is 0.251. The van der Waals surface area contributed by atoms with Crippen molar-refractivity contribution in [3.63, 3.8) is 0 Å². The van der Waals surface area contributed by atoms with E-state index in [1.807, 2.05) is 13.8 Å². The van der Waals surface area contributed by atoms with Crippen LogP contribution in [-0.2, 0) is 10.0 Å². The fourth-order valence-electron chi connectivity index (χ4n) is 1.52. The normalized spacial score (nSPS) is 30.8. The van der Waals surface area contributed by atoms with Crippen molar-refractivity contribution in [2.75, 3.05) is 5.75 Å². The molecule has 1 fully saturated rings. The zero-order valence-corrected chi connectivity index (χ0v) is 9.34. The van der Waals surface area contributed by atoms with E-state index in [1.165, 1.54) is 6.08 Å². The van der Waals surface area contributed by atoms with Gasteiger partial charge in [0.15, 0.2) is 0 Å². The highest BCUT2D eigenvalue weighted by molar-refractivity contribution is 7.89. The summed E-state index contributed by atoms with van der Waals surface area (Å²) in [5, 5.41) is 9.42. The van der Waals surface area contributed by atoms with Gasteiger partial charge in [0.2, 0.25) is 10.0 Å². The second kappa shape index (κ2) is 3.64. The molecule has 0 amide bonds. The molecule has 1 aliphatic carbocycles. The van der Waals surface area contributed by atoms with Gasteiger partial charge in [0, 0.05) is 11.5 Å². The first-order chi connectivity index (χ1) is 6.29. The van der Waals surface area contributed by atoms with Gasteiger partial charge >= 0.3 is 0 Å². The van der Waals surface area contributed by atoms with Crippen molar-refractivity contribution in [3.05, 3.63) is 12.7 Å². The Bertz CT molecular complexity index is 321. The second-order valence-electron chi connectivity index (χ2n) is 4.31. The molecule has 2 atom stereocenters. The molecule has 0 radical (unpaired) electrons. The Morgan fingerprint density at radius 3 is 2.57 bits per heavy atom. The Morgan fingerprint density at radius 2 is 2.21 bits per heavy atom. The largest absolute Gasteiger partial charge is 0.392 e. The lowest BCUT2D eigenvalue weighted by atomic mass is 9.65. The summed E-state index contributed by atoms with van der Waals surface area (Å²) in [4.78, 5) is 0. The molecule has 0 heterocycles. The molecular weight excluding hydrogens is 202 g/mol. The number of hydrogen-bond acceptors (Lipinski definition) is 3. The van der Waals surface area contributed by atoms with Gasteiger partial charge < -0.3 is 5.11 Å². The first-order valence-corrected chi connectivity index (χ1v) is 6.24. The highest BCUT2D eigenvalue weighted by atomic mass is 32.2. The fraction of sp³-hybridized carbons (Fsp3) is 0.778. The molecular formula is C9H17NO3S. The average Bonchev–Trinajstić information content (AvgIpc) is 2.03. The zero-order chi connectivity index (χ0) is 11.0. The van der Waals surface area contributed by atoms with E-state index in [0.717, 1.165) is 0 Å². The maximum absolute atomic E-state index is 11.4. The molecule has 1 rings (SSSR count). The van der Waals surface area contributed by atoms with Crippen molar-refractivity contribution in [2.24, 2.45) is 5.41 Å². The summed E-state index contributed by atoms with van der Waals surface area (Å²) in [5.41, 5.74) is -0.367. The molecule has 2 N–H and O–H groups in total. The summed E-state index contributed by atoms with van der Waals surface area (Å²) < 4.78 is 25.3. The van der Waals surface area contributed by atoms with E-state index in [2.05, 4.69) is 11.3 Å². The van der Waals surface area contributed by atoms with Gasteiger partial charge in [-0.3, -0.25) is 0 Å². The molecule has 0 saturated heterocycles. The van der Waals surface area contributed by atoms with Gasteiger partial charge in [-0.05, 0) is 6.42 Å². The van der Waals surface area contributed by atoms with Crippen molar-refractivity contribution >= 4 is 10.0 Å². The predicted molar refractivity (Wildman–Crippen MR) is 55.3 cm³/mol. The van der Waals surface area contributed by atoms with Crippen LogP contribution in [-0.4, -0.2) is 31.4 Å². The van der Waals surface area contributed by atoms with E-state index in [1.54, 1.807) is 0 Å². The third-order valence-corrected chi connectivity index (χ3v) is 4.19. The SMILES string of the molecule is C=CCS(=O)(=O)NC1CC(O)C1(C)C. The summed E-state index contributed by atoms with van der Waals surface area (Å²) in [6, 6.07) is -0.164. The minimum Gasteiger partial charge on any atom is -0.392 e. The molecule has 5 heteroatoms. The van der Waals surface area contributed by atoms with Crippen molar-refractivity contribution < 1.29 is 13.5 Å². The monoisotopic (exact) mass is 219 g/mol. The molecule has 14 heavy (non-hydrogen) atoms. The van der Waals surface area contributed by atoms with Gasteiger partial charge in [0.1, 0.15) is 0 Å². The summed E-state index contributed by atoms with van der Waals surface area (Å²) >= 11 is 0. The smallest absolute Gasteiger partial charge is 0.215 e. The second-order valence-corrected chi connectivity index (χ2v) is 6.11. The maximum atomic E-state index is 11.4. The van der Waals surface area contributed by atoms with Crippen LogP contribution in [0.1, 0.15) is 20.3 Å². The number of hydrogen-bond donors (Lipinski definition) is 2. The summed E-state index contributed by atoms with van der Waals surface area (Å²) in [5.74, 6) is -0.0737. The molecule has 0 aromatic carbocycles. The zero-order valence-electron chi connectivity index (χ0n) is 8.53. The standard InChI is InChI=1S/C9H17NO3S/c1-4-5-14(12,13)10-7-6-8(11)9(7,2)3/h4,7-8,10-11H,1,5-6H2,2-3H3. The lowest BCUT2D eigenvalue weighted by Gasteiger charge is -2.49. The molecule has 0 bridgehead atoms. The maximum Gasteiger partial charge on any atom is 0.215 e. The molecule has 2 unspecified atom stereocenters. The van der Waals surface area contributed by atoms with Crippen LogP contribution in [0.2, 0.25) is 0 Å². The van der Waals surface area contributed by atoms with Gasteiger partial charge in [0.05, 0.1) is 11.9 Å². The average molecular weight is 219 g/mol. The Labute approximate surface area is 85.1 Å². The van der Waals surface area contributed by atoms with Gasteiger partial charge in [-0.1, -0.05) is 19.9 Å². The Balaban J connectivity index is 2.60. The van der Waals surface area contributed by atoms with Crippen LogP contribution in [0.4, 0.5) is 0 Å². The molecule has 82 valence electrons. The minimum absolute atomic E-state index is 0.0737. The van der Waals surface area contributed by atoms with Crippen molar-refractivity contribution in [2.45, 2.75) is 32.4 Å². The third-order valence-electron chi connectivity index (χ3n) is 2.87. The number of sulfonamides is 1. The summed E-state index contributed by atoms with van der Waals surface area (Å²) in [6.45, 7) is 7.08. The van der Waals surface area contributed by atoms with Crippen molar-refractivity contribution in [1.82, 2.24) is 4.72 Å². The molecule has 4 nitrogen and oxygen atoms in total. The van der Waals surface area contributed by atoms with Crippen LogP contribution in [0.5, 0.6) is 0 Å².